The van der Waals surface area contributed by atoms with Crippen molar-refractivity contribution in [2.75, 3.05) is 46.4 Å². The molecule has 5 heteroatoms. The maximum atomic E-state index is 5.37. The minimum atomic E-state index is -0.156. The van der Waals surface area contributed by atoms with Crippen LogP contribution < -0.4 is 5.73 Å². The van der Waals surface area contributed by atoms with Crippen molar-refractivity contribution in [3.05, 3.63) is 0 Å². The molecule has 16 heavy (non-hydrogen) atoms. The van der Waals surface area contributed by atoms with Crippen molar-refractivity contribution in [3.63, 3.8) is 0 Å². The Morgan fingerprint density at radius 2 is 1.31 bits per heavy atom. The van der Waals surface area contributed by atoms with Gasteiger partial charge in [-0.3, -0.25) is 0 Å². The van der Waals surface area contributed by atoms with Gasteiger partial charge < -0.3 is 24.7 Å². The van der Waals surface area contributed by atoms with Crippen molar-refractivity contribution in [3.8, 4) is 0 Å². The largest absolute Gasteiger partial charge is 0.378 e. The fourth-order valence-corrected chi connectivity index (χ4v) is 0.801. The highest BCUT2D eigenvalue weighted by Gasteiger charge is 2.08. The summed E-state index contributed by atoms with van der Waals surface area (Å²) in [5.74, 6) is 0. The Bertz CT molecular complexity index is 147. The molecule has 0 unspecified atom stereocenters. The van der Waals surface area contributed by atoms with Crippen LogP contribution in [0.4, 0.5) is 0 Å². The molecule has 0 heterocycles. The molecule has 0 aromatic carbocycles. The fraction of sp³-hybridized carbons (Fsp3) is 1.00. The van der Waals surface area contributed by atoms with E-state index in [0.717, 1.165) is 0 Å². The minimum Gasteiger partial charge on any atom is -0.378 e. The Morgan fingerprint density at radius 1 is 0.812 bits per heavy atom. The topological polar surface area (TPSA) is 62.9 Å². The summed E-state index contributed by atoms with van der Waals surface area (Å²) in [6.07, 6.45) is 0. The minimum absolute atomic E-state index is 0.156. The van der Waals surface area contributed by atoms with E-state index < -0.39 is 0 Å². The molecule has 5 nitrogen and oxygen atoms in total. The first-order valence-electron chi connectivity index (χ1n) is 5.63. The zero-order valence-electron chi connectivity index (χ0n) is 10.7. The molecule has 0 fully saturated rings. The number of hydrogen-bond acceptors (Lipinski definition) is 5. The smallest absolute Gasteiger partial charge is 0.147 e. The van der Waals surface area contributed by atoms with E-state index in [-0.39, 0.29) is 5.60 Å². The predicted molar refractivity (Wildman–Crippen MR) is 62.3 cm³/mol. The molecular weight excluding hydrogens is 210 g/mol. The lowest BCUT2D eigenvalue weighted by Crippen LogP contribution is -2.21. The Balaban J connectivity index is 2.99. The first kappa shape index (κ1) is 15.8. The maximum Gasteiger partial charge on any atom is 0.147 e. The van der Waals surface area contributed by atoms with Crippen molar-refractivity contribution in [2.45, 2.75) is 26.4 Å². The molecule has 0 amide bonds. The van der Waals surface area contributed by atoms with E-state index in [1.165, 1.54) is 0 Å². The van der Waals surface area contributed by atoms with Crippen LogP contribution in [-0.2, 0) is 18.9 Å². The van der Waals surface area contributed by atoms with Gasteiger partial charge in [0.25, 0.3) is 0 Å². The Kier molecular flexibility index (Phi) is 9.86. The second-order valence-corrected chi connectivity index (χ2v) is 4.30. The fourth-order valence-electron chi connectivity index (χ4n) is 0.801. The number of hydrogen-bond donors (Lipinski definition) is 1. The van der Waals surface area contributed by atoms with Gasteiger partial charge in [-0.2, -0.15) is 0 Å². The summed E-state index contributed by atoms with van der Waals surface area (Å²) in [5.41, 5.74) is 5.10. The number of ether oxygens (including phenoxy) is 4. The monoisotopic (exact) mass is 235 g/mol. The molecule has 0 spiro atoms. The van der Waals surface area contributed by atoms with Crippen molar-refractivity contribution in [2.24, 2.45) is 5.73 Å². The Morgan fingerprint density at radius 3 is 1.81 bits per heavy atom. The quantitative estimate of drug-likeness (QED) is 0.447. The van der Waals surface area contributed by atoms with Crippen LogP contribution in [0.25, 0.3) is 0 Å². The molecular formula is C11H25NO4. The van der Waals surface area contributed by atoms with Crippen molar-refractivity contribution in [1.29, 1.82) is 0 Å². The van der Waals surface area contributed by atoms with Crippen molar-refractivity contribution in [1.82, 2.24) is 0 Å². The van der Waals surface area contributed by atoms with Crippen LogP contribution in [0, 0.1) is 0 Å². The molecule has 0 aromatic rings. The van der Waals surface area contributed by atoms with Crippen LogP contribution in [0.3, 0.4) is 0 Å². The van der Waals surface area contributed by atoms with Crippen LogP contribution in [0.2, 0.25) is 0 Å². The highest BCUT2D eigenvalue weighted by molar-refractivity contribution is 4.56. The summed E-state index contributed by atoms with van der Waals surface area (Å²) in [7, 11) is 0. The van der Waals surface area contributed by atoms with Gasteiger partial charge in [0, 0.05) is 6.54 Å². The molecule has 0 bridgehead atoms. The number of nitrogens with two attached hydrogens (primary N) is 1. The van der Waals surface area contributed by atoms with E-state index in [2.05, 4.69) is 0 Å². The molecule has 0 rings (SSSR count). The third-order valence-corrected chi connectivity index (χ3v) is 1.58. The molecule has 2 N–H and O–H groups in total. The van der Waals surface area contributed by atoms with E-state index >= 15 is 0 Å². The Labute approximate surface area is 98.2 Å². The highest BCUT2D eigenvalue weighted by atomic mass is 16.7. The SMILES string of the molecule is CC(C)(C)OCOCCOCCOCCN. The first-order valence-corrected chi connectivity index (χ1v) is 5.63. The average molecular weight is 235 g/mol. The molecule has 0 radical (unpaired) electrons. The van der Waals surface area contributed by atoms with Gasteiger partial charge in [0.1, 0.15) is 6.79 Å². The second kappa shape index (κ2) is 9.99. The van der Waals surface area contributed by atoms with Gasteiger partial charge in [-0.15, -0.1) is 0 Å². The zero-order chi connectivity index (χ0) is 12.3. The third-order valence-electron chi connectivity index (χ3n) is 1.58. The summed E-state index contributed by atoms with van der Waals surface area (Å²) in [5, 5.41) is 0. The van der Waals surface area contributed by atoms with Crippen LogP contribution in [0.1, 0.15) is 20.8 Å². The van der Waals surface area contributed by atoms with Crippen LogP contribution in [0.15, 0.2) is 0 Å². The van der Waals surface area contributed by atoms with E-state index in [9.17, 15) is 0 Å². The second-order valence-electron chi connectivity index (χ2n) is 4.30. The average Bonchev–Trinajstić information content (AvgIpc) is 2.19. The molecule has 0 saturated carbocycles. The molecule has 0 saturated heterocycles. The lowest BCUT2D eigenvalue weighted by molar-refractivity contribution is -0.127. The normalized spacial score (nSPS) is 12.0. The van der Waals surface area contributed by atoms with Gasteiger partial charge in [-0.1, -0.05) is 0 Å². The molecule has 0 aliphatic rings. The van der Waals surface area contributed by atoms with Crippen LogP contribution >= 0.6 is 0 Å². The van der Waals surface area contributed by atoms with Gasteiger partial charge in [0.2, 0.25) is 0 Å². The summed E-state index contributed by atoms with van der Waals surface area (Å²) in [6.45, 7) is 9.64. The van der Waals surface area contributed by atoms with E-state index in [0.29, 0.717) is 46.4 Å². The predicted octanol–water partition coefficient (Wildman–Crippen LogP) is 0.768. The lowest BCUT2D eigenvalue weighted by Gasteiger charge is -2.19. The molecule has 0 aromatic heterocycles. The zero-order valence-corrected chi connectivity index (χ0v) is 10.7. The first-order chi connectivity index (χ1) is 7.56. The van der Waals surface area contributed by atoms with Gasteiger partial charge in [0.15, 0.2) is 0 Å². The summed E-state index contributed by atoms with van der Waals surface area (Å²) < 4.78 is 21.0. The van der Waals surface area contributed by atoms with Crippen molar-refractivity contribution < 1.29 is 18.9 Å². The van der Waals surface area contributed by atoms with Gasteiger partial charge in [-0.05, 0) is 20.8 Å². The van der Waals surface area contributed by atoms with Crippen LogP contribution in [-0.4, -0.2) is 52.0 Å². The van der Waals surface area contributed by atoms with E-state index in [1.54, 1.807) is 0 Å². The lowest BCUT2D eigenvalue weighted by atomic mass is 10.2. The van der Waals surface area contributed by atoms with E-state index in [1.807, 2.05) is 20.8 Å². The summed E-state index contributed by atoms with van der Waals surface area (Å²) in [4.78, 5) is 0. The van der Waals surface area contributed by atoms with Gasteiger partial charge in [0.05, 0.1) is 38.6 Å². The summed E-state index contributed by atoms with van der Waals surface area (Å²) in [6, 6.07) is 0. The van der Waals surface area contributed by atoms with Crippen LogP contribution in [0.5, 0.6) is 0 Å². The molecule has 0 atom stereocenters. The molecule has 0 aliphatic carbocycles. The third kappa shape index (κ3) is 13.8. The molecule has 98 valence electrons. The van der Waals surface area contributed by atoms with Gasteiger partial charge in [-0.25, -0.2) is 0 Å². The standard InChI is InChI=1S/C11H25NO4/c1-11(2,3)16-10-15-9-8-14-7-6-13-5-4-12/h4-10,12H2,1-3H3. The molecule has 0 aliphatic heterocycles. The van der Waals surface area contributed by atoms with Gasteiger partial charge >= 0.3 is 0 Å². The van der Waals surface area contributed by atoms with E-state index in [4.69, 9.17) is 24.7 Å². The Hall–Kier alpha value is -0.200. The number of rotatable bonds is 10. The highest BCUT2D eigenvalue weighted by Crippen LogP contribution is 2.05. The van der Waals surface area contributed by atoms with Crippen molar-refractivity contribution >= 4 is 0 Å². The summed E-state index contributed by atoms with van der Waals surface area (Å²) >= 11 is 0. The maximum absolute atomic E-state index is 5.37.